The van der Waals surface area contributed by atoms with Gasteiger partial charge in [0.2, 0.25) is 5.91 Å². The van der Waals surface area contributed by atoms with E-state index in [2.05, 4.69) is 15.4 Å². The molecule has 1 fully saturated rings. The first-order valence-corrected chi connectivity index (χ1v) is 8.19. The maximum Gasteiger partial charge on any atom is 0.227 e. The van der Waals surface area contributed by atoms with Crippen LogP contribution in [0.15, 0.2) is 27.1 Å². The zero-order chi connectivity index (χ0) is 16.9. The fraction of sp³-hybridized carbons (Fsp3) is 0.529. The van der Waals surface area contributed by atoms with E-state index in [4.69, 9.17) is 13.7 Å². The number of nitrogens with zero attached hydrogens (tertiary/aromatic N) is 2. The number of carbonyl (C=O) groups excluding carboxylic acids is 1. The molecule has 0 spiro atoms. The molecule has 24 heavy (non-hydrogen) atoms. The van der Waals surface area contributed by atoms with Crippen molar-refractivity contribution >= 4 is 5.91 Å². The molecular formula is C17H23N3O4. The first-order chi connectivity index (χ1) is 11.6. The molecule has 0 saturated carbocycles. The lowest BCUT2D eigenvalue weighted by Crippen LogP contribution is -2.43. The minimum Gasteiger partial charge on any atom is -0.465 e. The van der Waals surface area contributed by atoms with E-state index in [9.17, 15) is 4.79 Å². The molecule has 1 aliphatic rings. The van der Waals surface area contributed by atoms with Gasteiger partial charge in [0.15, 0.2) is 0 Å². The maximum atomic E-state index is 12.2. The van der Waals surface area contributed by atoms with Crippen LogP contribution in [0.25, 0.3) is 0 Å². The molecule has 2 aromatic rings. The van der Waals surface area contributed by atoms with Crippen LogP contribution in [0, 0.1) is 13.8 Å². The summed E-state index contributed by atoms with van der Waals surface area (Å²) >= 11 is 0. The van der Waals surface area contributed by atoms with Crippen molar-refractivity contribution in [2.24, 2.45) is 0 Å². The third-order valence-corrected chi connectivity index (χ3v) is 4.08. The highest BCUT2D eigenvalue weighted by Crippen LogP contribution is 2.23. The van der Waals surface area contributed by atoms with Crippen LogP contribution in [0.5, 0.6) is 0 Å². The summed E-state index contributed by atoms with van der Waals surface area (Å²) < 4.78 is 16.3. The van der Waals surface area contributed by atoms with Gasteiger partial charge in [0.25, 0.3) is 0 Å². The molecule has 1 atom stereocenters. The first-order valence-electron chi connectivity index (χ1n) is 8.19. The molecule has 0 unspecified atom stereocenters. The van der Waals surface area contributed by atoms with Crippen LogP contribution in [0.3, 0.4) is 0 Å². The fourth-order valence-electron chi connectivity index (χ4n) is 2.86. The number of morpholine rings is 1. The van der Waals surface area contributed by atoms with E-state index in [-0.39, 0.29) is 18.4 Å². The van der Waals surface area contributed by atoms with Crippen LogP contribution in [0.2, 0.25) is 0 Å². The molecule has 1 N–H and O–H groups in total. The Hall–Kier alpha value is -2.12. The van der Waals surface area contributed by atoms with E-state index in [0.717, 1.165) is 30.3 Å². The number of hydrogen-bond acceptors (Lipinski definition) is 6. The van der Waals surface area contributed by atoms with E-state index >= 15 is 0 Å². The Bertz CT molecular complexity index is 673. The number of amides is 1. The summed E-state index contributed by atoms with van der Waals surface area (Å²) in [6.45, 7) is 7.27. The normalized spacial score (nSPS) is 16.9. The van der Waals surface area contributed by atoms with Gasteiger partial charge in [0.05, 0.1) is 31.4 Å². The highest BCUT2D eigenvalue weighted by Gasteiger charge is 2.25. The van der Waals surface area contributed by atoms with Gasteiger partial charge in [0.1, 0.15) is 17.3 Å². The summed E-state index contributed by atoms with van der Waals surface area (Å²) in [7, 11) is 0. The highest BCUT2D eigenvalue weighted by atomic mass is 16.5. The zero-order valence-corrected chi connectivity index (χ0v) is 14.1. The summed E-state index contributed by atoms with van der Waals surface area (Å²) in [5.74, 6) is 2.21. The summed E-state index contributed by atoms with van der Waals surface area (Å²) in [4.78, 5) is 14.5. The van der Waals surface area contributed by atoms with Crippen LogP contribution in [0.1, 0.15) is 29.0 Å². The van der Waals surface area contributed by atoms with E-state index < -0.39 is 0 Å². The maximum absolute atomic E-state index is 12.2. The summed E-state index contributed by atoms with van der Waals surface area (Å²) in [5, 5.41) is 6.77. The van der Waals surface area contributed by atoms with Gasteiger partial charge in [-0.1, -0.05) is 5.16 Å². The van der Waals surface area contributed by atoms with Gasteiger partial charge in [-0.25, -0.2) is 0 Å². The van der Waals surface area contributed by atoms with E-state index in [1.165, 1.54) is 0 Å². The third-order valence-electron chi connectivity index (χ3n) is 4.08. The molecule has 7 heteroatoms. The van der Waals surface area contributed by atoms with Crippen LogP contribution >= 0.6 is 0 Å². The monoisotopic (exact) mass is 333 g/mol. The van der Waals surface area contributed by atoms with Crippen molar-refractivity contribution in [2.75, 3.05) is 32.8 Å². The molecule has 3 heterocycles. The Morgan fingerprint density at radius 2 is 2.12 bits per heavy atom. The predicted octanol–water partition coefficient (Wildman–Crippen LogP) is 1.62. The van der Waals surface area contributed by atoms with Gasteiger partial charge in [-0.3, -0.25) is 9.69 Å². The summed E-state index contributed by atoms with van der Waals surface area (Å²) in [5.41, 5.74) is 0.773. The standard InChI is InChI=1S/C17H23N3O4/c1-12-9-14(24-19-12)10-17(21)18-11-15(16-4-3-13(2)23-16)20-5-7-22-8-6-20/h3-4,9,15H,5-8,10-11H2,1-2H3,(H,18,21)/t15-/m1/s1. The van der Waals surface area contributed by atoms with Crippen molar-refractivity contribution in [3.63, 3.8) is 0 Å². The molecule has 0 radical (unpaired) electrons. The van der Waals surface area contributed by atoms with Crippen molar-refractivity contribution in [3.8, 4) is 0 Å². The molecule has 7 nitrogen and oxygen atoms in total. The number of nitrogens with one attached hydrogen (secondary N) is 1. The number of ether oxygens (including phenoxy) is 1. The van der Waals surface area contributed by atoms with Crippen LogP contribution in [0.4, 0.5) is 0 Å². The van der Waals surface area contributed by atoms with Crippen molar-refractivity contribution in [2.45, 2.75) is 26.3 Å². The Balaban J connectivity index is 1.61. The lowest BCUT2D eigenvalue weighted by Gasteiger charge is -2.33. The second-order valence-corrected chi connectivity index (χ2v) is 6.03. The molecule has 3 rings (SSSR count). The third kappa shape index (κ3) is 4.24. The Labute approximate surface area is 140 Å². The number of furan rings is 1. The lowest BCUT2D eigenvalue weighted by atomic mass is 10.1. The second kappa shape index (κ2) is 7.63. The SMILES string of the molecule is Cc1cc(CC(=O)NC[C@H](c2ccc(C)o2)N2CCOCC2)on1. The van der Waals surface area contributed by atoms with Crippen molar-refractivity contribution in [1.29, 1.82) is 0 Å². The van der Waals surface area contributed by atoms with E-state index in [0.29, 0.717) is 25.5 Å². The average Bonchev–Trinajstić information content (AvgIpc) is 3.17. The minimum atomic E-state index is -0.0901. The van der Waals surface area contributed by atoms with E-state index in [1.54, 1.807) is 6.07 Å². The molecule has 1 amide bonds. The second-order valence-electron chi connectivity index (χ2n) is 6.03. The van der Waals surface area contributed by atoms with Gasteiger partial charge in [-0.2, -0.15) is 0 Å². The molecule has 130 valence electrons. The van der Waals surface area contributed by atoms with Gasteiger partial charge in [0, 0.05) is 25.7 Å². The zero-order valence-electron chi connectivity index (χ0n) is 14.1. The minimum absolute atomic E-state index is 0.00279. The lowest BCUT2D eigenvalue weighted by molar-refractivity contribution is -0.121. The van der Waals surface area contributed by atoms with Crippen LogP contribution in [-0.4, -0.2) is 48.8 Å². The van der Waals surface area contributed by atoms with E-state index in [1.807, 2.05) is 26.0 Å². The number of rotatable bonds is 6. The molecule has 0 bridgehead atoms. The fourth-order valence-corrected chi connectivity index (χ4v) is 2.86. The van der Waals surface area contributed by atoms with Gasteiger partial charge in [-0.15, -0.1) is 0 Å². The molecule has 1 saturated heterocycles. The van der Waals surface area contributed by atoms with Crippen molar-refractivity contribution in [3.05, 3.63) is 41.2 Å². The predicted molar refractivity (Wildman–Crippen MR) is 86.5 cm³/mol. The highest BCUT2D eigenvalue weighted by molar-refractivity contribution is 5.77. The van der Waals surface area contributed by atoms with Crippen molar-refractivity contribution < 1.29 is 18.5 Å². The quantitative estimate of drug-likeness (QED) is 0.865. The Morgan fingerprint density at radius 3 is 2.75 bits per heavy atom. The largest absolute Gasteiger partial charge is 0.465 e. The van der Waals surface area contributed by atoms with Crippen LogP contribution in [-0.2, 0) is 16.0 Å². The van der Waals surface area contributed by atoms with Crippen LogP contribution < -0.4 is 5.32 Å². The van der Waals surface area contributed by atoms with Gasteiger partial charge < -0.3 is 19.0 Å². The van der Waals surface area contributed by atoms with Gasteiger partial charge >= 0.3 is 0 Å². The molecule has 1 aliphatic heterocycles. The van der Waals surface area contributed by atoms with Crippen molar-refractivity contribution in [1.82, 2.24) is 15.4 Å². The number of aromatic nitrogens is 1. The van der Waals surface area contributed by atoms with Gasteiger partial charge in [-0.05, 0) is 26.0 Å². The molecule has 0 aromatic carbocycles. The topological polar surface area (TPSA) is 80.7 Å². The summed E-state index contributed by atoms with van der Waals surface area (Å²) in [6.07, 6.45) is 0.188. The Kier molecular flexibility index (Phi) is 5.32. The summed E-state index contributed by atoms with van der Waals surface area (Å²) in [6, 6.07) is 5.70. The number of carbonyl (C=O) groups is 1. The average molecular weight is 333 g/mol. The molecule has 2 aromatic heterocycles. The molecule has 0 aliphatic carbocycles. The smallest absolute Gasteiger partial charge is 0.227 e. The number of hydrogen-bond donors (Lipinski definition) is 1. The Morgan fingerprint density at radius 1 is 1.33 bits per heavy atom. The first kappa shape index (κ1) is 16.7. The molecular weight excluding hydrogens is 310 g/mol. The number of aryl methyl sites for hydroxylation is 2.